The van der Waals surface area contributed by atoms with E-state index in [1.807, 2.05) is 27.2 Å². The minimum Gasteiger partial charge on any atom is -0.756 e. The molecule has 9 heteroatoms. The number of unbranched alkanes of at least 4 members (excludes halogenated alkanes) is 39. The standard InChI is InChI=1S/C70H131N2O6P/c1-6-8-10-12-14-16-18-20-22-24-26-28-30-32-33-34-35-36-37-38-40-41-43-45-47-49-51-53-55-57-59-61-63-69(73)68(67-78-79(75,76)77-66-65-72(3,4)5)71-70(74)64-62-60-58-56-54-52-50-48-46-44-42-39-31-29-27-25-23-21-19-17-15-13-11-9-7-2/h19,21,25,27,31,39,45,47,53,55,61,63,68-69,73H,6-18,20,22-24,26,28-30,32-38,40-44,46,48-52,54,56-60,62,64-67H2,1-5H3,(H-,71,74,75,76)/b21-19-,27-25-,39-31-,47-45+,55-53+,63-61+. The molecule has 8 nitrogen and oxygen atoms in total. The van der Waals surface area contributed by atoms with Crippen molar-refractivity contribution in [1.82, 2.24) is 5.32 Å². The van der Waals surface area contributed by atoms with Crippen molar-refractivity contribution in [3.05, 3.63) is 72.9 Å². The number of aliphatic hydroxyl groups is 1. The van der Waals surface area contributed by atoms with Gasteiger partial charge in [0.2, 0.25) is 5.91 Å². The number of carbonyl (C=O) groups is 1. The average Bonchev–Trinajstić information content (AvgIpc) is 3.42. The van der Waals surface area contributed by atoms with Gasteiger partial charge in [-0.25, -0.2) is 0 Å². The molecule has 0 bridgehead atoms. The number of phosphoric ester groups is 1. The number of allylic oxidation sites excluding steroid dienone is 11. The summed E-state index contributed by atoms with van der Waals surface area (Å²) >= 11 is 0. The van der Waals surface area contributed by atoms with Gasteiger partial charge in [0.15, 0.2) is 0 Å². The molecule has 0 saturated heterocycles. The molecule has 462 valence electrons. The van der Waals surface area contributed by atoms with Gasteiger partial charge in [0.05, 0.1) is 39.9 Å². The molecule has 3 unspecified atom stereocenters. The molecule has 0 aliphatic rings. The summed E-state index contributed by atoms with van der Waals surface area (Å²) in [6.45, 7) is 4.64. The average molecular weight is 1130 g/mol. The molecule has 79 heavy (non-hydrogen) atoms. The number of phosphoric acid groups is 1. The van der Waals surface area contributed by atoms with E-state index >= 15 is 0 Å². The van der Waals surface area contributed by atoms with Gasteiger partial charge in [-0.3, -0.25) is 9.36 Å². The summed E-state index contributed by atoms with van der Waals surface area (Å²) in [6.07, 6.45) is 84.5. The Balaban J connectivity index is 4.18. The van der Waals surface area contributed by atoms with Crippen molar-refractivity contribution in [1.29, 1.82) is 0 Å². The highest BCUT2D eigenvalue weighted by molar-refractivity contribution is 7.45. The number of nitrogens with zero attached hydrogens (tertiary/aromatic N) is 1. The summed E-state index contributed by atoms with van der Waals surface area (Å²) in [5.74, 6) is -0.214. The molecular weight excluding hydrogens is 996 g/mol. The van der Waals surface area contributed by atoms with Crippen LogP contribution in [0.4, 0.5) is 0 Å². The zero-order chi connectivity index (χ0) is 57.7. The largest absolute Gasteiger partial charge is 0.756 e. The molecule has 1 amide bonds. The summed E-state index contributed by atoms with van der Waals surface area (Å²) in [4.78, 5) is 25.6. The molecule has 0 rings (SSSR count). The Bertz CT molecular complexity index is 1520. The monoisotopic (exact) mass is 1130 g/mol. The Hall–Kier alpha value is -2.06. The molecular formula is C70H131N2O6P. The van der Waals surface area contributed by atoms with Crippen LogP contribution in [-0.4, -0.2) is 68.5 Å². The molecule has 2 N–H and O–H groups in total. The fourth-order valence-corrected chi connectivity index (χ4v) is 10.6. The molecule has 0 saturated carbocycles. The van der Waals surface area contributed by atoms with Gasteiger partial charge in [-0.1, -0.05) is 299 Å². The maximum absolute atomic E-state index is 13.0. The van der Waals surface area contributed by atoms with Crippen molar-refractivity contribution in [2.24, 2.45) is 0 Å². The van der Waals surface area contributed by atoms with E-state index in [-0.39, 0.29) is 12.5 Å². The zero-order valence-electron chi connectivity index (χ0n) is 52.8. The van der Waals surface area contributed by atoms with E-state index < -0.39 is 26.6 Å². The smallest absolute Gasteiger partial charge is 0.268 e. The Morgan fingerprint density at radius 2 is 0.747 bits per heavy atom. The van der Waals surface area contributed by atoms with E-state index in [9.17, 15) is 19.4 Å². The Morgan fingerprint density at radius 3 is 1.11 bits per heavy atom. The van der Waals surface area contributed by atoms with Crippen LogP contribution in [0.25, 0.3) is 0 Å². The third-order valence-corrected chi connectivity index (χ3v) is 16.1. The van der Waals surface area contributed by atoms with Gasteiger partial charge in [0, 0.05) is 6.42 Å². The number of aliphatic hydroxyl groups excluding tert-OH is 1. The van der Waals surface area contributed by atoms with Gasteiger partial charge in [-0.15, -0.1) is 0 Å². The number of rotatable bonds is 62. The van der Waals surface area contributed by atoms with E-state index in [1.54, 1.807) is 6.08 Å². The van der Waals surface area contributed by atoms with Crippen LogP contribution in [0.2, 0.25) is 0 Å². The number of quaternary nitrogens is 1. The first-order valence-corrected chi connectivity index (χ1v) is 35.3. The zero-order valence-corrected chi connectivity index (χ0v) is 53.7. The lowest BCUT2D eigenvalue weighted by Crippen LogP contribution is -2.45. The lowest BCUT2D eigenvalue weighted by Gasteiger charge is -2.29. The highest BCUT2D eigenvalue weighted by Gasteiger charge is 2.23. The SMILES string of the molecule is CCCCCCC/C=C\C/C=C\C/C=C\CCCCCCCCCCCCC(=O)NC(COP(=O)([O-])OCC[N+](C)(C)C)C(O)/C=C/CC/C=C/CC/C=C/CCCCCCCCCCCCCCCCCCCCCCCC. The topological polar surface area (TPSA) is 108 Å². The number of hydrogen-bond acceptors (Lipinski definition) is 6. The fourth-order valence-electron chi connectivity index (χ4n) is 9.84. The molecule has 0 spiro atoms. The quantitative estimate of drug-likeness (QED) is 0.0272. The Morgan fingerprint density at radius 1 is 0.443 bits per heavy atom. The number of nitrogens with one attached hydrogen (secondary N) is 1. The van der Waals surface area contributed by atoms with Crippen LogP contribution in [-0.2, 0) is 18.4 Å². The second-order valence-electron chi connectivity index (χ2n) is 24.2. The maximum atomic E-state index is 13.0. The third kappa shape index (κ3) is 63.4. The number of hydrogen-bond donors (Lipinski definition) is 2. The first-order valence-electron chi connectivity index (χ1n) is 33.8. The van der Waals surface area contributed by atoms with Gasteiger partial charge in [-0.2, -0.15) is 0 Å². The minimum atomic E-state index is -4.62. The van der Waals surface area contributed by atoms with E-state index in [0.29, 0.717) is 17.4 Å². The van der Waals surface area contributed by atoms with Gasteiger partial charge in [-0.05, 0) is 83.5 Å². The maximum Gasteiger partial charge on any atom is 0.268 e. The molecule has 0 aromatic carbocycles. The van der Waals surface area contributed by atoms with Crippen LogP contribution in [0.1, 0.15) is 316 Å². The molecule has 0 fully saturated rings. The summed E-state index contributed by atoms with van der Waals surface area (Å²) < 4.78 is 23.4. The lowest BCUT2D eigenvalue weighted by molar-refractivity contribution is -0.870. The van der Waals surface area contributed by atoms with Crippen LogP contribution in [0.5, 0.6) is 0 Å². The van der Waals surface area contributed by atoms with Crippen molar-refractivity contribution in [3.8, 4) is 0 Å². The Kier molecular flexibility index (Phi) is 59.0. The summed E-state index contributed by atoms with van der Waals surface area (Å²) in [6, 6.07) is -0.918. The van der Waals surface area contributed by atoms with Crippen LogP contribution < -0.4 is 10.2 Å². The minimum absolute atomic E-state index is 0.0122. The van der Waals surface area contributed by atoms with Crippen molar-refractivity contribution in [3.63, 3.8) is 0 Å². The van der Waals surface area contributed by atoms with Crippen molar-refractivity contribution in [2.45, 2.75) is 328 Å². The highest BCUT2D eigenvalue weighted by atomic mass is 31.2. The van der Waals surface area contributed by atoms with Gasteiger partial charge in [0.25, 0.3) is 7.82 Å². The van der Waals surface area contributed by atoms with E-state index in [0.717, 1.165) is 57.8 Å². The summed E-state index contributed by atoms with van der Waals surface area (Å²) in [5, 5.41) is 13.9. The first kappa shape index (κ1) is 76.9. The van der Waals surface area contributed by atoms with Gasteiger partial charge < -0.3 is 28.8 Å². The van der Waals surface area contributed by atoms with Crippen molar-refractivity contribution >= 4 is 13.7 Å². The predicted molar refractivity (Wildman–Crippen MR) is 344 cm³/mol. The molecule has 0 radical (unpaired) electrons. The highest BCUT2D eigenvalue weighted by Crippen LogP contribution is 2.38. The van der Waals surface area contributed by atoms with E-state index in [2.05, 4.69) is 79.9 Å². The number of amides is 1. The van der Waals surface area contributed by atoms with Crippen LogP contribution in [0.3, 0.4) is 0 Å². The lowest BCUT2D eigenvalue weighted by atomic mass is 10.0. The normalized spacial score (nSPS) is 14.2. The molecule has 3 atom stereocenters. The van der Waals surface area contributed by atoms with E-state index in [4.69, 9.17) is 9.05 Å². The van der Waals surface area contributed by atoms with Crippen LogP contribution in [0.15, 0.2) is 72.9 Å². The van der Waals surface area contributed by atoms with Crippen LogP contribution in [0, 0.1) is 0 Å². The summed E-state index contributed by atoms with van der Waals surface area (Å²) in [5.41, 5.74) is 0. The van der Waals surface area contributed by atoms with Gasteiger partial charge >= 0.3 is 0 Å². The predicted octanol–water partition coefficient (Wildman–Crippen LogP) is 20.8. The molecule has 0 aromatic heterocycles. The van der Waals surface area contributed by atoms with Crippen LogP contribution >= 0.6 is 7.82 Å². The second-order valence-corrected chi connectivity index (χ2v) is 25.6. The molecule has 0 aromatic rings. The fraction of sp³-hybridized carbons (Fsp3) is 0.814. The number of carbonyl (C=O) groups excluding carboxylic acids is 1. The molecule has 0 aliphatic carbocycles. The van der Waals surface area contributed by atoms with Crippen molar-refractivity contribution in [2.75, 3.05) is 40.9 Å². The van der Waals surface area contributed by atoms with Crippen molar-refractivity contribution < 1.29 is 32.9 Å². The Labute approximate surface area is 491 Å². The third-order valence-electron chi connectivity index (χ3n) is 15.1. The molecule has 0 aliphatic heterocycles. The summed E-state index contributed by atoms with van der Waals surface area (Å²) in [7, 11) is 1.23. The molecule has 0 heterocycles. The second kappa shape index (κ2) is 60.5. The number of likely N-dealkylation sites (N-methyl/N-ethyl adjacent to an activating group) is 1. The first-order chi connectivity index (χ1) is 38.5. The van der Waals surface area contributed by atoms with E-state index in [1.165, 1.54) is 238 Å². The van der Waals surface area contributed by atoms with Gasteiger partial charge in [0.1, 0.15) is 13.2 Å².